The van der Waals surface area contributed by atoms with Crippen molar-refractivity contribution >= 4 is 39.1 Å². The summed E-state index contributed by atoms with van der Waals surface area (Å²) in [6, 6.07) is 19.7. The first-order valence-corrected chi connectivity index (χ1v) is 14.2. The number of piperidine rings is 1. The largest absolute Gasteiger partial charge is 0.495 e. The number of sulfonamides is 1. The monoisotopic (exact) mass is 555 g/mol. The minimum absolute atomic E-state index is 0.00586. The second-order valence-electron chi connectivity index (χ2n) is 9.00. The van der Waals surface area contributed by atoms with E-state index in [4.69, 9.17) is 16.3 Å². The van der Waals surface area contributed by atoms with Gasteiger partial charge in [0.05, 0.1) is 30.2 Å². The highest BCUT2D eigenvalue weighted by molar-refractivity contribution is 7.89. The number of anilines is 1. The topological polar surface area (TPSA) is 105 Å². The smallest absolute Gasteiger partial charge is 0.253 e. The van der Waals surface area contributed by atoms with Crippen molar-refractivity contribution in [3.8, 4) is 5.75 Å². The van der Waals surface area contributed by atoms with E-state index in [9.17, 15) is 18.0 Å². The van der Waals surface area contributed by atoms with Crippen molar-refractivity contribution < 1.29 is 22.7 Å². The number of hydrogen-bond acceptors (Lipinski definition) is 5. The number of halogens is 1. The van der Waals surface area contributed by atoms with Gasteiger partial charge in [-0.25, -0.2) is 8.42 Å². The molecule has 200 valence electrons. The molecule has 10 heteroatoms. The Hall–Kier alpha value is -3.40. The maximum atomic E-state index is 13.3. The first-order chi connectivity index (χ1) is 18.3. The number of benzene rings is 3. The van der Waals surface area contributed by atoms with E-state index in [-0.39, 0.29) is 17.1 Å². The number of carbonyl (C=O) groups is 2. The molecule has 4 rings (SSSR count). The normalized spacial score (nSPS) is 14.9. The Labute approximate surface area is 228 Å². The van der Waals surface area contributed by atoms with Crippen LogP contribution in [0.4, 0.5) is 5.69 Å². The standard InChI is InChI=1S/C28H30ClN3O5S/c1-37-25-15-14-21(18-26(25)38(35,36)32-16-8-3-9-17-32)30-27(33)19-24(20-10-4-2-5-11-20)31-28(34)22-12-6-7-13-23(22)29/h2,4-7,10-15,18,24H,3,8-9,16-17,19H2,1H3,(H,30,33)(H,31,34)/t24-/m1/s1. The lowest BCUT2D eigenvalue weighted by Crippen LogP contribution is -2.35. The van der Waals surface area contributed by atoms with E-state index in [1.165, 1.54) is 23.5 Å². The molecule has 1 fully saturated rings. The van der Waals surface area contributed by atoms with Gasteiger partial charge in [0.15, 0.2) is 0 Å². The third-order valence-corrected chi connectivity index (χ3v) is 8.64. The van der Waals surface area contributed by atoms with Crippen LogP contribution in [0.1, 0.15) is 47.6 Å². The number of ether oxygens (including phenoxy) is 1. The van der Waals surface area contributed by atoms with Crippen molar-refractivity contribution in [3.05, 3.63) is 88.9 Å². The van der Waals surface area contributed by atoms with Gasteiger partial charge in [-0.05, 0) is 48.7 Å². The second-order valence-corrected chi connectivity index (χ2v) is 11.3. The second kappa shape index (κ2) is 12.4. The van der Waals surface area contributed by atoms with Crippen LogP contribution in [-0.2, 0) is 14.8 Å². The van der Waals surface area contributed by atoms with E-state index in [1.54, 1.807) is 30.3 Å². The average Bonchev–Trinajstić information content (AvgIpc) is 2.93. The first-order valence-electron chi connectivity index (χ1n) is 12.4. The number of rotatable bonds is 9. The van der Waals surface area contributed by atoms with Crippen LogP contribution in [0.25, 0.3) is 0 Å². The van der Waals surface area contributed by atoms with E-state index in [0.29, 0.717) is 29.4 Å². The summed E-state index contributed by atoms with van der Waals surface area (Å²) < 4.78 is 33.4. The molecule has 0 saturated carbocycles. The molecule has 8 nitrogen and oxygen atoms in total. The van der Waals surface area contributed by atoms with Crippen molar-refractivity contribution in [3.63, 3.8) is 0 Å². The molecule has 0 aliphatic carbocycles. The Kier molecular flexibility index (Phi) is 9.04. The van der Waals surface area contributed by atoms with Gasteiger partial charge in [-0.1, -0.05) is 60.5 Å². The van der Waals surface area contributed by atoms with E-state index in [0.717, 1.165) is 24.8 Å². The third kappa shape index (κ3) is 6.53. The fraction of sp³-hybridized carbons (Fsp3) is 0.286. The van der Waals surface area contributed by atoms with Crippen LogP contribution >= 0.6 is 11.6 Å². The Bertz CT molecular complexity index is 1390. The summed E-state index contributed by atoms with van der Waals surface area (Å²) in [5.41, 5.74) is 1.36. The Morgan fingerprint density at radius 1 is 0.974 bits per heavy atom. The number of nitrogens with one attached hydrogen (secondary N) is 2. The minimum Gasteiger partial charge on any atom is -0.495 e. The molecule has 0 radical (unpaired) electrons. The van der Waals surface area contributed by atoms with E-state index >= 15 is 0 Å². The molecule has 0 bridgehead atoms. The van der Waals surface area contributed by atoms with Gasteiger partial charge in [-0.2, -0.15) is 4.31 Å². The number of carbonyl (C=O) groups excluding carboxylic acids is 2. The molecule has 2 N–H and O–H groups in total. The Balaban J connectivity index is 1.54. The fourth-order valence-corrected chi connectivity index (χ4v) is 6.34. The van der Waals surface area contributed by atoms with Crippen LogP contribution in [-0.4, -0.2) is 44.7 Å². The molecule has 0 unspecified atom stereocenters. The number of hydrogen-bond donors (Lipinski definition) is 2. The fourth-order valence-electron chi connectivity index (χ4n) is 4.42. The van der Waals surface area contributed by atoms with Gasteiger partial charge in [0, 0.05) is 18.8 Å². The predicted molar refractivity (Wildman–Crippen MR) is 147 cm³/mol. The summed E-state index contributed by atoms with van der Waals surface area (Å²) in [6.45, 7) is 0.901. The highest BCUT2D eigenvalue weighted by Crippen LogP contribution is 2.31. The zero-order valence-electron chi connectivity index (χ0n) is 21.0. The van der Waals surface area contributed by atoms with Gasteiger partial charge in [0.1, 0.15) is 10.6 Å². The molecule has 1 aliphatic rings. The molecule has 1 heterocycles. The summed E-state index contributed by atoms with van der Waals surface area (Å²) in [6.07, 6.45) is 2.52. The maximum Gasteiger partial charge on any atom is 0.253 e. The zero-order chi connectivity index (χ0) is 27.1. The Morgan fingerprint density at radius 3 is 2.34 bits per heavy atom. The van der Waals surface area contributed by atoms with Crippen molar-refractivity contribution in [2.24, 2.45) is 0 Å². The van der Waals surface area contributed by atoms with Crippen LogP contribution in [0.2, 0.25) is 5.02 Å². The van der Waals surface area contributed by atoms with E-state index < -0.39 is 27.9 Å². The quantitative estimate of drug-likeness (QED) is 0.385. The van der Waals surface area contributed by atoms with Crippen molar-refractivity contribution in [2.75, 3.05) is 25.5 Å². The van der Waals surface area contributed by atoms with Gasteiger partial charge in [0.25, 0.3) is 5.91 Å². The minimum atomic E-state index is -3.79. The SMILES string of the molecule is COc1ccc(NC(=O)C[C@@H](NC(=O)c2ccccc2Cl)c2ccccc2)cc1S(=O)(=O)N1CCCCC1. The molecule has 0 aromatic heterocycles. The van der Waals surface area contributed by atoms with Crippen LogP contribution in [0.3, 0.4) is 0 Å². The van der Waals surface area contributed by atoms with Crippen molar-refractivity contribution in [1.29, 1.82) is 0 Å². The maximum absolute atomic E-state index is 13.3. The van der Waals surface area contributed by atoms with Crippen LogP contribution < -0.4 is 15.4 Å². The summed E-state index contributed by atoms with van der Waals surface area (Å²) >= 11 is 6.19. The molecule has 2 amide bonds. The molecule has 3 aromatic carbocycles. The molecular weight excluding hydrogens is 526 g/mol. The molecule has 38 heavy (non-hydrogen) atoms. The van der Waals surface area contributed by atoms with E-state index in [2.05, 4.69) is 10.6 Å². The summed E-state index contributed by atoms with van der Waals surface area (Å²) in [7, 11) is -2.38. The van der Waals surface area contributed by atoms with Gasteiger partial charge < -0.3 is 15.4 Å². The summed E-state index contributed by atoms with van der Waals surface area (Å²) in [5.74, 6) is -0.593. The summed E-state index contributed by atoms with van der Waals surface area (Å²) in [4.78, 5) is 26.1. The predicted octanol–water partition coefficient (Wildman–Crippen LogP) is 5.02. The van der Waals surface area contributed by atoms with Crippen LogP contribution in [0.5, 0.6) is 5.75 Å². The number of methoxy groups -OCH3 is 1. The number of nitrogens with zero attached hydrogens (tertiary/aromatic N) is 1. The molecule has 1 atom stereocenters. The average molecular weight is 556 g/mol. The lowest BCUT2D eigenvalue weighted by atomic mass is 10.0. The highest BCUT2D eigenvalue weighted by atomic mass is 35.5. The van der Waals surface area contributed by atoms with Crippen molar-refractivity contribution in [2.45, 2.75) is 36.6 Å². The van der Waals surface area contributed by atoms with Crippen LogP contribution in [0.15, 0.2) is 77.7 Å². The molecular formula is C28H30ClN3O5S. The number of amides is 2. The van der Waals surface area contributed by atoms with Gasteiger partial charge in [-0.15, -0.1) is 0 Å². The lowest BCUT2D eigenvalue weighted by molar-refractivity contribution is -0.116. The highest BCUT2D eigenvalue weighted by Gasteiger charge is 2.29. The van der Waals surface area contributed by atoms with Gasteiger partial charge in [0.2, 0.25) is 15.9 Å². The lowest BCUT2D eigenvalue weighted by Gasteiger charge is -2.26. The summed E-state index contributed by atoms with van der Waals surface area (Å²) in [5, 5.41) is 5.98. The molecule has 1 aliphatic heterocycles. The molecule has 0 spiro atoms. The molecule has 1 saturated heterocycles. The van der Waals surface area contributed by atoms with Gasteiger partial charge >= 0.3 is 0 Å². The van der Waals surface area contributed by atoms with Gasteiger partial charge in [-0.3, -0.25) is 9.59 Å². The molecule has 3 aromatic rings. The van der Waals surface area contributed by atoms with E-state index in [1.807, 2.05) is 30.3 Å². The van der Waals surface area contributed by atoms with Crippen LogP contribution in [0, 0.1) is 0 Å². The van der Waals surface area contributed by atoms with Crippen molar-refractivity contribution in [1.82, 2.24) is 9.62 Å². The third-order valence-electron chi connectivity index (χ3n) is 6.40. The zero-order valence-corrected chi connectivity index (χ0v) is 22.6. The first kappa shape index (κ1) is 27.6. The Morgan fingerprint density at radius 2 is 1.66 bits per heavy atom.